The molecule has 94 valence electrons. The number of benzene rings is 1. The first-order valence-electron chi connectivity index (χ1n) is 6.43. The van der Waals surface area contributed by atoms with Gasteiger partial charge in [-0.3, -0.25) is 4.79 Å². The first-order valence-corrected chi connectivity index (χ1v) is 6.43. The van der Waals surface area contributed by atoms with Gasteiger partial charge < -0.3 is 4.74 Å². The molecule has 2 nitrogen and oxygen atoms in total. The third-order valence-electron chi connectivity index (χ3n) is 2.80. The van der Waals surface area contributed by atoms with Crippen molar-refractivity contribution < 1.29 is 9.53 Å². The highest BCUT2D eigenvalue weighted by Crippen LogP contribution is 2.17. The predicted octanol–water partition coefficient (Wildman–Crippen LogP) is 4.09. The van der Waals surface area contributed by atoms with Crippen LogP contribution in [0.4, 0.5) is 0 Å². The summed E-state index contributed by atoms with van der Waals surface area (Å²) in [5.74, 6) is 1.53. The van der Waals surface area contributed by atoms with E-state index < -0.39 is 0 Å². The summed E-state index contributed by atoms with van der Waals surface area (Å²) in [6.45, 7) is 6.89. The third-order valence-corrected chi connectivity index (χ3v) is 2.80. The fourth-order valence-electron chi connectivity index (χ4n) is 1.93. The number of hydrogen-bond acceptors (Lipinski definition) is 2. The van der Waals surface area contributed by atoms with Gasteiger partial charge >= 0.3 is 0 Å². The Morgan fingerprint density at radius 3 is 2.41 bits per heavy atom. The van der Waals surface area contributed by atoms with E-state index in [1.54, 1.807) is 0 Å². The van der Waals surface area contributed by atoms with Crippen LogP contribution in [0.25, 0.3) is 0 Å². The molecule has 0 spiro atoms. The largest absolute Gasteiger partial charge is 0.494 e. The molecule has 0 aliphatic heterocycles. The number of carbonyl (C=O) groups is 1. The van der Waals surface area contributed by atoms with E-state index in [-0.39, 0.29) is 5.78 Å². The Morgan fingerprint density at radius 2 is 1.88 bits per heavy atom. The Kier molecular flexibility index (Phi) is 5.75. The van der Waals surface area contributed by atoms with Gasteiger partial charge in [0, 0.05) is 12.0 Å². The normalized spacial score (nSPS) is 12.2. The summed E-state index contributed by atoms with van der Waals surface area (Å²) in [6, 6.07) is 7.43. The maximum Gasteiger partial charge on any atom is 0.163 e. The molecule has 0 saturated carbocycles. The van der Waals surface area contributed by atoms with Crippen molar-refractivity contribution >= 4 is 5.78 Å². The standard InChI is InChI=1S/C15H22O2/c1-4-6-12(3)11-15(16)13-7-9-14(10-8-13)17-5-2/h7-10,12H,4-6,11H2,1-3H3. The van der Waals surface area contributed by atoms with Crippen molar-refractivity contribution in [2.24, 2.45) is 5.92 Å². The molecule has 0 fully saturated rings. The summed E-state index contributed by atoms with van der Waals surface area (Å²) in [4.78, 5) is 12.0. The van der Waals surface area contributed by atoms with E-state index in [1.165, 1.54) is 0 Å². The lowest BCUT2D eigenvalue weighted by molar-refractivity contribution is 0.0962. The average molecular weight is 234 g/mol. The highest BCUT2D eigenvalue weighted by molar-refractivity contribution is 5.96. The second-order valence-electron chi connectivity index (χ2n) is 4.48. The van der Waals surface area contributed by atoms with Crippen molar-refractivity contribution in [3.05, 3.63) is 29.8 Å². The van der Waals surface area contributed by atoms with Crippen LogP contribution in [0.1, 0.15) is 50.4 Å². The minimum Gasteiger partial charge on any atom is -0.494 e. The van der Waals surface area contributed by atoms with Crippen LogP contribution in [0.15, 0.2) is 24.3 Å². The van der Waals surface area contributed by atoms with E-state index in [0.29, 0.717) is 18.9 Å². The molecule has 0 heterocycles. The Bertz CT molecular complexity index is 340. The molecule has 1 aromatic rings. The number of carbonyl (C=O) groups excluding carboxylic acids is 1. The summed E-state index contributed by atoms with van der Waals surface area (Å²) in [5, 5.41) is 0. The van der Waals surface area contributed by atoms with E-state index in [0.717, 1.165) is 24.2 Å². The number of ether oxygens (including phenoxy) is 1. The summed E-state index contributed by atoms with van der Waals surface area (Å²) < 4.78 is 5.35. The maximum atomic E-state index is 12.0. The molecular formula is C15H22O2. The lowest BCUT2D eigenvalue weighted by Gasteiger charge is -2.09. The summed E-state index contributed by atoms with van der Waals surface area (Å²) >= 11 is 0. The molecule has 0 N–H and O–H groups in total. The Labute approximate surface area is 104 Å². The maximum absolute atomic E-state index is 12.0. The molecule has 0 aliphatic rings. The zero-order valence-electron chi connectivity index (χ0n) is 11.0. The molecule has 0 aliphatic carbocycles. The highest BCUT2D eigenvalue weighted by Gasteiger charge is 2.10. The minimum absolute atomic E-state index is 0.231. The molecule has 0 radical (unpaired) electrons. The lowest BCUT2D eigenvalue weighted by atomic mass is 9.96. The van der Waals surface area contributed by atoms with Gasteiger partial charge in [-0.1, -0.05) is 26.7 Å². The fraction of sp³-hybridized carbons (Fsp3) is 0.533. The molecule has 0 bridgehead atoms. The van der Waals surface area contributed by atoms with E-state index >= 15 is 0 Å². The van der Waals surface area contributed by atoms with E-state index in [2.05, 4.69) is 13.8 Å². The average Bonchev–Trinajstić information content (AvgIpc) is 2.30. The topological polar surface area (TPSA) is 26.3 Å². The van der Waals surface area contributed by atoms with Crippen LogP contribution in [0.2, 0.25) is 0 Å². The quantitative estimate of drug-likeness (QED) is 0.664. The van der Waals surface area contributed by atoms with Gasteiger partial charge in [-0.05, 0) is 37.1 Å². The molecule has 1 unspecified atom stereocenters. The van der Waals surface area contributed by atoms with Crippen LogP contribution in [-0.4, -0.2) is 12.4 Å². The molecule has 1 aromatic carbocycles. The molecule has 0 amide bonds. The summed E-state index contributed by atoms with van der Waals surface area (Å²) in [5.41, 5.74) is 0.788. The molecule has 0 aromatic heterocycles. The SMILES string of the molecule is CCCC(C)CC(=O)c1ccc(OCC)cc1. The van der Waals surface area contributed by atoms with Crippen LogP contribution in [0.3, 0.4) is 0 Å². The van der Waals surface area contributed by atoms with Crippen LogP contribution in [-0.2, 0) is 0 Å². The molecular weight excluding hydrogens is 212 g/mol. The number of rotatable bonds is 7. The number of ketones is 1. The van der Waals surface area contributed by atoms with Gasteiger partial charge in [0.1, 0.15) is 5.75 Å². The number of hydrogen-bond donors (Lipinski definition) is 0. The van der Waals surface area contributed by atoms with Gasteiger partial charge in [-0.15, -0.1) is 0 Å². The monoisotopic (exact) mass is 234 g/mol. The first-order chi connectivity index (χ1) is 8.17. The van der Waals surface area contributed by atoms with Crippen LogP contribution in [0.5, 0.6) is 5.75 Å². The molecule has 1 atom stereocenters. The van der Waals surface area contributed by atoms with Gasteiger partial charge in [-0.2, -0.15) is 0 Å². The van der Waals surface area contributed by atoms with Crippen molar-refractivity contribution in [3.8, 4) is 5.75 Å². The fourth-order valence-corrected chi connectivity index (χ4v) is 1.93. The van der Waals surface area contributed by atoms with E-state index in [4.69, 9.17) is 4.74 Å². The minimum atomic E-state index is 0.231. The van der Waals surface area contributed by atoms with Crippen LogP contribution >= 0.6 is 0 Å². The van der Waals surface area contributed by atoms with Crippen molar-refractivity contribution in [2.75, 3.05) is 6.61 Å². The van der Waals surface area contributed by atoms with Gasteiger partial charge in [0.05, 0.1) is 6.61 Å². The second-order valence-corrected chi connectivity index (χ2v) is 4.48. The van der Waals surface area contributed by atoms with Crippen molar-refractivity contribution in [1.29, 1.82) is 0 Å². The molecule has 1 rings (SSSR count). The van der Waals surface area contributed by atoms with Gasteiger partial charge in [-0.25, -0.2) is 0 Å². The predicted molar refractivity (Wildman–Crippen MR) is 70.6 cm³/mol. The zero-order valence-corrected chi connectivity index (χ0v) is 11.0. The van der Waals surface area contributed by atoms with Crippen molar-refractivity contribution in [1.82, 2.24) is 0 Å². The zero-order chi connectivity index (χ0) is 12.7. The number of Topliss-reactive ketones (excluding diaryl/α,β-unsaturated/α-hetero) is 1. The van der Waals surface area contributed by atoms with Crippen LogP contribution < -0.4 is 4.74 Å². The Hall–Kier alpha value is -1.31. The molecule has 17 heavy (non-hydrogen) atoms. The Balaban J connectivity index is 2.57. The highest BCUT2D eigenvalue weighted by atomic mass is 16.5. The summed E-state index contributed by atoms with van der Waals surface area (Å²) in [6.07, 6.45) is 2.89. The van der Waals surface area contributed by atoms with Gasteiger partial charge in [0.25, 0.3) is 0 Å². The van der Waals surface area contributed by atoms with E-state index in [1.807, 2.05) is 31.2 Å². The van der Waals surface area contributed by atoms with Crippen LogP contribution in [0, 0.1) is 5.92 Å². The lowest BCUT2D eigenvalue weighted by Crippen LogP contribution is -2.06. The first kappa shape index (κ1) is 13.8. The van der Waals surface area contributed by atoms with E-state index in [9.17, 15) is 4.79 Å². The summed E-state index contributed by atoms with van der Waals surface area (Å²) in [7, 11) is 0. The third kappa shape index (κ3) is 4.59. The Morgan fingerprint density at radius 1 is 1.24 bits per heavy atom. The molecule has 2 heteroatoms. The smallest absolute Gasteiger partial charge is 0.163 e. The van der Waals surface area contributed by atoms with Gasteiger partial charge in [0.2, 0.25) is 0 Å². The second kappa shape index (κ2) is 7.10. The molecule has 0 saturated heterocycles. The van der Waals surface area contributed by atoms with Crippen molar-refractivity contribution in [2.45, 2.75) is 40.0 Å². The van der Waals surface area contributed by atoms with Crippen molar-refractivity contribution in [3.63, 3.8) is 0 Å². The van der Waals surface area contributed by atoms with Gasteiger partial charge in [0.15, 0.2) is 5.78 Å².